The van der Waals surface area contributed by atoms with Gasteiger partial charge in [0.15, 0.2) is 5.82 Å². The number of hydrogen-bond acceptors (Lipinski definition) is 6. The molecule has 0 saturated heterocycles. The number of amides is 1. The molecule has 0 atom stereocenters. The van der Waals surface area contributed by atoms with E-state index in [1.807, 2.05) is 24.3 Å². The van der Waals surface area contributed by atoms with Gasteiger partial charge in [-0.1, -0.05) is 48.5 Å². The normalized spacial score (nSPS) is 15.0. The second-order valence-corrected chi connectivity index (χ2v) is 12.0. The Morgan fingerprint density at radius 2 is 1.71 bits per heavy atom. The number of ether oxygens (including phenoxy) is 1. The van der Waals surface area contributed by atoms with Crippen molar-refractivity contribution in [1.29, 1.82) is 0 Å². The first-order chi connectivity index (χ1) is 16.2. The Bertz CT molecular complexity index is 1340. The van der Waals surface area contributed by atoms with Crippen molar-refractivity contribution in [2.24, 2.45) is 0 Å². The van der Waals surface area contributed by atoms with E-state index in [1.54, 1.807) is 27.0 Å². The van der Waals surface area contributed by atoms with Crippen LogP contribution >= 0.6 is 0 Å². The summed E-state index contributed by atoms with van der Waals surface area (Å²) >= 11 is 0. The van der Waals surface area contributed by atoms with Crippen LogP contribution in [0.5, 0.6) is 0 Å². The van der Waals surface area contributed by atoms with Gasteiger partial charge in [0.1, 0.15) is 6.61 Å². The van der Waals surface area contributed by atoms with Crippen molar-refractivity contribution in [2.75, 3.05) is 22.8 Å². The Balaban J connectivity index is 1.31. The van der Waals surface area contributed by atoms with Gasteiger partial charge in [0, 0.05) is 24.2 Å². The fourth-order valence-electron chi connectivity index (χ4n) is 4.47. The molecule has 9 heteroatoms. The Hall–Kier alpha value is -3.46. The zero-order valence-corrected chi connectivity index (χ0v) is 20.1. The standard InChI is InChI=1S/C25H26N4O4S/c1-25(2,3)34(31,32)29-13-12-16-14-26-23(27-22(16)29)28-24(30)33-15-21-19-10-6-4-8-17(19)18-9-5-7-11-20(18)21/h4-11,14,21H,12-13,15H2,1-3H3,(H,26,27,28,30). The summed E-state index contributed by atoms with van der Waals surface area (Å²) < 4.78 is 31.8. The smallest absolute Gasteiger partial charge is 0.414 e. The number of nitrogens with one attached hydrogen (secondary N) is 1. The molecule has 34 heavy (non-hydrogen) atoms. The molecule has 1 aliphatic carbocycles. The van der Waals surface area contributed by atoms with Crippen LogP contribution in [0.2, 0.25) is 0 Å². The van der Waals surface area contributed by atoms with Gasteiger partial charge >= 0.3 is 6.09 Å². The zero-order valence-electron chi connectivity index (χ0n) is 19.3. The van der Waals surface area contributed by atoms with E-state index in [2.05, 4.69) is 39.6 Å². The highest BCUT2D eigenvalue weighted by Crippen LogP contribution is 2.44. The molecule has 3 aromatic rings. The lowest BCUT2D eigenvalue weighted by molar-refractivity contribution is 0.158. The van der Waals surface area contributed by atoms with Crippen LogP contribution in [0, 0.1) is 0 Å². The monoisotopic (exact) mass is 478 g/mol. The molecule has 0 unspecified atom stereocenters. The minimum atomic E-state index is -3.61. The van der Waals surface area contributed by atoms with Gasteiger partial charge in [-0.2, -0.15) is 4.98 Å². The number of carbonyl (C=O) groups is 1. The Morgan fingerprint density at radius 1 is 1.09 bits per heavy atom. The first-order valence-corrected chi connectivity index (χ1v) is 12.6. The number of aromatic nitrogens is 2. The maximum Gasteiger partial charge on any atom is 0.414 e. The zero-order chi connectivity index (χ0) is 24.1. The van der Waals surface area contributed by atoms with Gasteiger partial charge in [0.05, 0.1) is 4.75 Å². The van der Waals surface area contributed by atoms with Crippen LogP contribution in [-0.2, 0) is 21.2 Å². The maximum atomic E-state index is 13.0. The minimum Gasteiger partial charge on any atom is -0.448 e. The SMILES string of the molecule is CC(C)(C)S(=O)(=O)N1CCc2cnc(NC(=O)OCC3c4ccccc4-c4ccccc43)nc21. The van der Waals surface area contributed by atoms with Gasteiger partial charge in [-0.3, -0.25) is 9.62 Å². The number of anilines is 2. The lowest BCUT2D eigenvalue weighted by Gasteiger charge is -2.27. The van der Waals surface area contributed by atoms with Crippen LogP contribution in [0.3, 0.4) is 0 Å². The molecular weight excluding hydrogens is 452 g/mol. The fraction of sp³-hybridized carbons (Fsp3) is 0.320. The van der Waals surface area contributed by atoms with E-state index in [4.69, 9.17) is 4.74 Å². The van der Waals surface area contributed by atoms with Crippen LogP contribution in [0.25, 0.3) is 11.1 Å². The summed E-state index contributed by atoms with van der Waals surface area (Å²) in [5.74, 6) is 0.248. The summed E-state index contributed by atoms with van der Waals surface area (Å²) in [6.45, 7) is 5.42. The van der Waals surface area contributed by atoms with E-state index in [1.165, 1.54) is 4.31 Å². The van der Waals surface area contributed by atoms with Crippen molar-refractivity contribution in [2.45, 2.75) is 37.9 Å². The molecule has 1 aliphatic heterocycles. The second-order valence-electron chi connectivity index (χ2n) is 9.43. The molecule has 176 valence electrons. The summed E-state index contributed by atoms with van der Waals surface area (Å²) in [5, 5.41) is 2.55. The number of benzene rings is 2. The third-order valence-electron chi connectivity index (χ3n) is 6.28. The second kappa shape index (κ2) is 8.09. The van der Waals surface area contributed by atoms with E-state index in [-0.39, 0.29) is 18.5 Å². The number of carbonyl (C=O) groups excluding carboxylic acids is 1. The van der Waals surface area contributed by atoms with Crippen molar-refractivity contribution >= 4 is 27.9 Å². The molecule has 0 saturated carbocycles. The molecule has 2 aromatic carbocycles. The largest absolute Gasteiger partial charge is 0.448 e. The first-order valence-electron chi connectivity index (χ1n) is 11.2. The predicted octanol–water partition coefficient (Wildman–Crippen LogP) is 4.33. The first kappa shape index (κ1) is 22.3. The molecule has 1 N–H and O–H groups in total. The van der Waals surface area contributed by atoms with Crippen LogP contribution in [0.1, 0.15) is 43.4 Å². The topological polar surface area (TPSA) is 101 Å². The molecular formula is C25H26N4O4S. The van der Waals surface area contributed by atoms with Gasteiger partial charge in [0.25, 0.3) is 0 Å². The molecule has 0 bridgehead atoms. The molecule has 2 heterocycles. The summed E-state index contributed by atoms with van der Waals surface area (Å²) in [4.78, 5) is 21.1. The van der Waals surface area contributed by atoms with Crippen LogP contribution in [0.4, 0.5) is 16.6 Å². The van der Waals surface area contributed by atoms with E-state index >= 15 is 0 Å². The maximum absolute atomic E-state index is 13.0. The van der Waals surface area contributed by atoms with Gasteiger partial charge < -0.3 is 4.74 Å². The van der Waals surface area contributed by atoms with E-state index < -0.39 is 20.9 Å². The fourth-order valence-corrected chi connectivity index (χ4v) is 5.85. The quantitative estimate of drug-likeness (QED) is 0.599. The van der Waals surface area contributed by atoms with Crippen LogP contribution < -0.4 is 9.62 Å². The highest BCUT2D eigenvalue weighted by atomic mass is 32.2. The number of rotatable bonds is 4. The van der Waals surface area contributed by atoms with Crippen LogP contribution in [0.15, 0.2) is 54.7 Å². The number of sulfonamides is 1. The number of nitrogens with zero attached hydrogens (tertiary/aromatic N) is 3. The summed E-state index contributed by atoms with van der Waals surface area (Å²) in [6.07, 6.45) is 1.39. The molecule has 1 aromatic heterocycles. The number of fused-ring (bicyclic) bond motifs is 4. The Kier molecular flexibility index (Phi) is 5.31. The highest BCUT2D eigenvalue weighted by Gasteiger charge is 2.40. The summed E-state index contributed by atoms with van der Waals surface area (Å²) in [6, 6.07) is 16.2. The molecule has 5 rings (SSSR count). The van der Waals surface area contributed by atoms with Gasteiger partial charge in [-0.05, 0) is 49.4 Å². The molecule has 0 fully saturated rings. The minimum absolute atomic E-state index is 0.00646. The number of hydrogen-bond donors (Lipinski definition) is 1. The third-order valence-corrected chi connectivity index (χ3v) is 8.77. The van der Waals surface area contributed by atoms with Crippen molar-refractivity contribution in [1.82, 2.24) is 9.97 Å². The lowest BCUT2D eigenvalue weighted by Crippen LogP contribution is -2.42. The Labute approximate surface area is 199 Å². The third kappa shape index (κ3) is 3.69. The molecule has 0 radical (unpaired) electrons. The van der Waals surface area contributed by atoms with Crippen molar-refractivity contribution < 1.29 is 17.9 Å². The van der Waals surface area contributed by atoms with E-state index in [0.29, 0.717) is 18.8 Å². The van der Waals surface area contributed by atoms with Crippen molar-refractivity contribution in [3.8, 4) is 11.1 Å². The molecule has 0 spiro atoms. The van der Waals surface area contributed by atoms with Crippen molar-refractivity contribution in [3.63, 3.8) is 0 Å². The van der Waals surface area contributed by atoms with E-state index in [0.717, 1.165) is 27.8 Å². The van der Waals surface area contributed by atoms with Gasteiger partial charge in [-0.15, -0.1) is 0 Å². The van der Waals surface area contributed by atoms with Crippen molar-refractivity contribution in [3.05, 3.63) is 71.4 Å². The highest BCUT2D eigenvalue weighted by molar-refractivity contribution is 7.94. The summed E-state index contributed by atoms with van der Waals surface area (Å²) in [5.41, 5.74) is 5.26. The van der Waals surface area contributed by atoms with E-state index in [9.17, 15) is 13.2 Å². The summed E-state index contributed by atoms with van der Waals surface area (Å²) in [7, 11) is -3.61. The molecule has 2 aliphatic rings. The molecule has 1 amide bonds. The molecule has 8 nitrogen and oxygen atoms in total. The average molecular weight is 479 g/mol. The van der Waals surface area contributed by atoms with Crippen LogP contribution in [-0.4, -0.2) is 42.4 Å². The Morgan fingerprint density at radius 3 is 2.32 bits per heavy atom. The van der Waals surface area contributed by atoms with Gasteiger partial charge in [-0.25, -0.2) is 18.2 Å². The van der Waals surface area contributed by atoms with Gasteiger partial charge in [0.2, 0.25) is 16.0 Å². The predicted molar refractivity (Wildman–Crippen MR) is 130 cm³/mol. The average Bonchev–Trinajstić information content (AvgIpc) is 3.36. The lowest BCUT2D eigenvalue weighted by atomic mass is 9.98.